The lowest BCUT2D eigenvalue weighted by atomic mass is 10.0. The van der Waals surface area contributed by atoms with Crippen LogP contribution in [0.1, 0.15) is 6.92 Å². The second-order valence-electron chi connectivity index (χ2n) is 7.09. The topological polar surface area (TPSA) is 3.24 Å². The van der Waals surface area contributed by atoms with E-state index in [4.69, 9.17) is 0 Å². The zero-order valence-electron chi connectivity index (χ0n) is 17.2. The number of hydrogen-bond acceptors (Lipinski definition) is 1. The SMILES string of the molecule is C=C/C(=C\C)N(c1cccc(-c2ccccc2)c1)c1cccc(-c2ccccc2)c1. The molecule has 0 aliphatic carbocycles. The Kier molecular flexibility index (Phi) is 5.91. The van der Waals surface area contributed by atoms with Crippen LogP contribution in [0.15, 0.2) is 134 Å². The second-order valence-corrected chi connectivity index (χ2v) is 7.09. The number of hydrogen-bond donors (Lipinski definition) is 0. The molecule has 1 heteroatoms. The van der Waals surface area contributed by atoms with Gasteiger partial charge in [-0.2, -0.15) is 0 Å². The average Bonchev–Trinajstić information content (AvgIpc) is 2.83. The van der Waals surface area contributed by atoms with Gasteiger partial charge in [-0.25, -0.2) is 0 Å². The van der Waals surface area contributed by atoms with Crippen LogP contribution in [0.5, 0.6) is 0 Å². The highest BCUT2D eigenvalue weighted by molar-refractivity contribution is 5.78. The molecule has 0 aliphatic rings. The molecule has 0 amide bonds. The van der Waals surface area contributed by atoms with E-state index in [0.717, 1.165) is 17.1 Å². The molecule has 0 aromatic heterocycles. The summed E-state index contributed by atoms with van der Waals surface area (Å²) in [5, 5.41) is 0. The first-order valence-corrected chi connectivity index (χ1v) is 10.2. The van der Waals surface area contributed by atoms with Crippen LogP contribution in [0, 0.1) is 0 Å². The van der Waals surface area contributed by atoms with Crippen molar-refractivity contribution in [3.63, 3.8) is 0 Å². The maximum atomic E-state index is 4.05. The van der Waals surface area contributed by atoms with Crippen LogP contribution in [0.4, 0.5) is 11.4 Å². The van der Waals surface area contributed by atoms with E-state index in [0.29, 0.717) is 0 Å². The van der Waals surface area contributed by atoms with Crippen LogP contribution in [0.2, 0.25) is 0 Å². The number of nitrogens with zero attached hydrogens (tertiary/aromatic N) is 1. The third-order valence-corrected chi connectivity index (χ3v) is 5.19. The molecule has 0 heterocycles. The summed E-state index contributed by atoms with van der Waals surface area (Å²) in [7, 11) is 0. The van der Waals surface area contributed by atoms with Gasteiger partial charge < -0.3 is 4.90 Å². The Morgan fingerprint density at radius 3 is 1.43 bits per heavy atom. The van der Waals surface area contributed by atoms with Gasteiger partial charge in [0.05, 0.1) is 0 Å². The van der Waals surface area contributed by atoms with E-state index in [1.165, 1.54) is 22.3 Å². The lowest BCUT2D eigenvalue weighted by Crippen LogP contribution is -2.15. The fourth-order valence-corrected chi connectivity index (χ4v) is 3.70. The summed E-state index contributed by atoms with van der Waals surface area (Å²) in [6, 6.07) is 38.3. The Labute approximate surface area is 179 Å². The molecule has 0 aliphatic heterocycles. The summed E-state index contributed by atoms with van der Waals surface area (Å²) in [6.45, 7) is 6.10. The highest BCUT2D eigenvalue weighted by Crippen LogP contribution is 2.35. The molecule has 0 N–H and O–H groups in total. The molecule has 0 radical (unpaired) electrons. The maximum absolute atomic E-state index is 4.05. The Balaban J connectivity index is 1.82. The van der Waals surface area contributed by atoms with Crippen molar-refractivity contribution >= 4 is 11.4 Å². The van der Waals surface area contributed by atoms with Crippen LogP contribution >= 0.6 is 0 Å². The average molecular weight is 388 g/mol. The standard InChI is InChI=1S/C29H25N/c1-3-27(4-2)30(28-19-11-17-25(21-28)23-13-7-5-8-14-23)29-20-12-18-26(22-29)24-15-9-6-10-16-24/h3-22H,1H2,2H3/b27-4+. The van der Waals surface area contributed by atoms with E-state index in [-0.39, 0.29) is 0 Å². The van der Waals surface area contributed by atoms with Gasteiger partial charge in [0.15, 0.2) is 0 Å². The van der Waals surface area contributed by atoms with Gasteiger partial charge >= 0.3 is 0 Å². The van der Waals surface area contributed by atoms with Gasteiger partial charge in [-0.15, -0.1) is 0 Å². The predicted octanol–water partition coefficient (Wildman–Crippen LogP) is 8.25. The molecule has 0 spiro atoms. The Morgan fingerprint density at radius 2 is 1.03 bits per heavy atom. The number of allylic oxidation sites excluding steroid dienone is 2. The molecule has 146 valence electrons. The minimum absolute atomic E-state index is 1.05. The third-order valence-electron chi connectivity index (χ3n) is 5.19. The normalized spacial score (nSPS) is 11.2. The van der Waals surface area contributed by atoms with Gasteiger partial charge in [0.25, 0.3) is 0 Å². The van der Waals surface area contributed by atoms with Gasteiger partial charge in [0.1, 0.15) is 0 Å². The van der Waals surface area contributed by atoms with Crippen molar-refractivity contribution in [3.05, 3.63) is 134 Å². The van der Waals surface area contributed by atoms with Crippen molar-refractivity contribution in [3.8, 4) is 22.3 Å². The smallest absolute Gasteiger partial charge is 0.0467 e. The van der Waals surface area contributed by atoms with Gasteiger partial charge in [-0.05, 0) is 59.5 Å². The van der Waals surface area contributed by atoms with E-state index in [1.807, 2.05) is 25.1 Å². The molecule has 4 aromatic carbocycles. The molecule has 0 fully saturated rings. The monoisotopic (exact) mass is 387 g/mol. The summed E-state index contributed by atoms with van der Waals surface area (Å²) in [5.41, 5.74) is 8.05. The molecule has 0 unspecified atom stereocenters. The van der Waals surface area contributed by atoms with Crippen LogP contribution < -0.4 is 4.90 Å². The molecule has 30 heavy (non-hydrogen) atoms. The summed E-state index contributed by atoms with van der Waals surface area (Å²) < 4.78 is 0. The van der Waals surface area contributed by atoms with Crippen LogP contribution in [-0.2, 0) is 0 Å². The lowest BCUT2D eigenvalue weighted by molar-refractivity contribution is 1.20. The van der Waals surface area contributed by atoms with Gasteiger partial charge in [-0.1, -0.05) is 97.6 Å². The summed E-state index contributed by atoms with van der Waals surface area (Å²) in [6.07, 6.45) is 4.00. The number of rotatable bonds is 6. The van der Waals surface area contributed by atoms with Crippen molar-refractivity contribution in [2.75, 3.05) is 4.90 Å². The van der Waals surface area contributed by atoms with Crippen molar-refractivity contribution in [2.45, 2.75) is 6.92 Å². The third kappa shape index (κ3) is 4.11. The maximum Gasteiger partial charge on any atom is 0.0467 e. The molecule has 4 rings (SSSR count). The van der Waals surface area contributed by atoms with Crippen LogP contribution in [-0.4, -0.2) is 0 Å². The Bertz CT molecular complexity index is 1070. The van der Waals surface area contributed by atoms with Gasteiger partial charge in [0, 0.05) is 17.1 Å². The van der Waals surface area contributed by atoms with Crippen LogP contribution in [0.3, 0.4) is 0 Å². The van der Waals surface area contributed by atoms with Crippen molar-refractivity contribution in [2.24, 2.45) is 0 Å². The first kappa shape index (κ1) is 19.5. The summed E-state index contributed by atoms with van der Waals surface area (Å²) in [4.78, 5) is 2.26. The largest absolute Gasteiger partial charge is 0.311 e. The van der Waals surface area contributed by atoms with Crippen molar-refractivity contribution in [1.29, 1.82) is 0 Å². The molecule has 4 aromatic rings. The first-order valence-electron chi connectivity index (χ1n) is 10.2. The molecular weight excluding hydrogens is 362 g/mol. The van der Waals surface area contributed by atoms with E-state index >= 15 is 0 Å². The molecule has 1 nitrogen and oxygen atoms in total. The van der Waals surface area contributed by atoms with Crippen molar-refractivity contribution in [1.82, 2.24) is 0 Å². The molecule has 0 saturated heterocycles. The lowest BCUT2D eigenvalue weighted by Gasteiger charge is -2.27. The summed E-state index contributed by atoms with van der Waals surface area (Å²) >= 11 is 0. The first-order chi connectivity index (χ1) is 14.8. The Morgan fingerprint density at radius 1 is 0.600 bits per heavy atom. The minimum atomic E-state index is 1.05. The highest BCUT2D eigenvalue weighted by atomic mass is 15.1. The van der Waals surface area contributed by atoms with E-state index < -0.39 is 0 Å². The summed E-state index contributed by atoms with van der Waals surface area (Å²) in [5.74, 6) is 0. The van der Waals surface area contributed by atoms with Gasteiger partial charge in [-0.3, -0.25) is 0 Å². The second kappa shape index (κ2) is 9.11. The number of benzene rings is 4. The molecule has 0 bridgehead atoms. The number of anilines is 2. The van der Waals surface area contributed by atoms with E-state index in [1.54, 1.807) is 0 Å². The fraction of sp³-hybridized carbons (Fsp3) is 0.0345. The van der Waals surface area contributed by atoms with E-state index in [9.17, 15) is 0 Å². The van der Waals surface area contributed by atoms with Crippen LogP contribution in [0.25, 0.3) is 22.3 Å². The van der Waals surface area contributed by atoms with E-state index in [2.05, 4.69) is 115 Å². The van der Waals surface area contributed by atoms with Crippen molar-refractivity contribution < 1.29 is 0 Å². The zero-order chi connectivity index (χ0) is 20.8. The zero-order valence-corrected chi connectivity index (χ0v) is 17.2. The minimum Gasteiger partial charge on any atom is -0.311 e. The molecule has 0 atom stereocenters. The predicted molar refractivity (Wildman–Crippen MR) is 130 cm³/mol. The Hall–Kier alpha value is -3.84. The quantitative estimate of drug-likeness (QED) is 0.301. The molecular formula is C29H25N. The highest BCUT2D eigenvalue weighted by Gasteiger charge is 2.14. The van der Waals surface area contributed by atoms with Gasteiger partial charge in [0.2, 0.25) is 0 Å². The molecule has 0 saturated carbocycles. The fourth-order valence-electron chi connectivity index (χ4n) is 3.70.